The van der Waals surface area contributed by atoms with Crippen LogP contribution >= 0.6 is 0 Å². The van der Waals surface area contributed by atoms with Crippen LogP contribution in [0.4, 0.5) is 0 Å². The van der Waals surface area contributed by atoms with Gasteiger partial charge in [-0.15, -0.1) is 0 Å². The summed E-state index contributed by atoms with van der Waals surface area (Å²) in [5.74, 6) is 1.69. The van der Waals surface area contributed by atoms with Crippen LogP contribution in [0.3, 0.4) is 0 Å². The molecule has 4 nitrogen and oxygen atoms in total. The van der Waals surface area contributed by atoms with Crippen molar-refractivity contribution in [2.75, 3.05) is 19.5 Å². The molecule has 0 unspecified atom stereocenters. The fourth-order valence-corrected chi connectivity index (χ4v) is 3.66. The number of ether oxygens (including phenoxy) is 2. The van der Waals surface area contributed by atoms with Gasteiger partial charge in [-0.3, -0.25) is 0 Å². The number of rotatable bonds is 5. The topological polar surface area (TPSA) is 52.6 Å². The van der Waals surface area contributed by atoms with E-state index in [0.717, 1.165) is 33.8 Å². The molecule has 0 bridgehead atoms. The Morgan fingerprint density at radius 3 is 2.58 bits per heavy atom. The fourth-order valence-electron chi connectivity index (χ4n) is 2.78. The second kappa shape index (κ2) is 7.38. The van der Waals surface area contributed by atoms with E-state index in [-0.39, 0.29) is 5.75 Å². The summed E-state index contributed by atoms with van der Waals surface area (Å²) >= 11 is 0. The summed E-state index contributed by atoms with van der Waals surface area (Å²) in [5, 5.41) is 0. The Kier molecular flexibility index (Phi) is 5.18. The Bertz CT molecular complexity index is 968. The largest absolute Gasteiger partial charge is 0.497 e. The Labute approximate surface area is 154 Å². The van der Waals surface area contributed by atoms with Gasteiger partial charge in [-0.2, -0.15) is 0 Å². The number of benzene rings is 2. The molecule has 0 fully saturated rings. The molecule has 3 rings (SSSR count). The van der Waals surface area contributed by atoms with Crippen molar-refractivity contribution in [3.05, 3.63) is 64.7 Å². The highest BCUT2D eigenvalue weighted by Crippen LogP contribution is 2.32. The zero-order chi connectivity index (χ0) is 18.7. The van der Waals surface area contributed by atoms with Crippen molar-refractivity contribution in [1.29, 1.82) is 0 Å². The van der Waals surface area contributed by atoms with Gasteiger partial charge in [0.05, 0.1) is 17.8 Å². The standard InChI is InChI=1S/C21H22O4S/c1-4-26(22,23)20-9-5-16(6-10-20)11-15(2)18-12-17-7-8-19(24-3)13-21(17)25-14-18/h5-13H,4,14H2,1-3H3. The normalized spacial score (nSPS) is 14.3. The van der Waals surface area contributed by atoms with Crippen molar-refractivity contribution in [3.8, 4) is 11.5 Å². The highest BCUT2D eigenvalue weighted by atomic mass is 32.2. The highest BCUT2D eigenvalue weighted by Gasteiger charge is 2.14. The summed E-state index contributed by atoms with van der Waals surface area (Å²) in [6, 6.07) is 12.7. The molecule has 0 amide bonds. The summed E-state index contributed by atoms with van der Waals surface area (Å²) in [6.07, 6.45) is 4.14. The smallest absolute Gasteiger partial charge is 0.178 e. The minimum Gasteiger partial charge on any atom is -0.497 e. The van der Waals surface area contributed by atoms with Crippen molar-refractivity contribution in [3.63, 3.8) is 0 Å². The predicted molar refractivity (Wildman–Crippen MR) is 104 cm³/mol. The maximum Gasteiger partial charge on any atom is 0.178 e. The van der Waals surface area contributed by atoms with Crippen LogP contribution in [-0.2, 0) is 9.84 Å². The number of hydrogen-bond acceptors (Lipinski definition) is 4. The summed E-state index contributed by atoms with van der Waals surface area (Å²) in [7, 11) is -1.53. The third-order valence-corrected chi connectivity index (χ3v) is 6.19. The van der Waals surface area contributed by atoms with Gasteiger partial charge < -0.3 is 9.47 Å². The molecular weight excluding hydrogens is 348 g/mol. The predicted octanol–water partition coefficient (Wildman–Crippen LogP) is 4.37. The van der Waals surface area contributed by atoms with Crippen LogP contribution in [-0.4, -0.2) is 27.9 Å². The van der Waals surface area contributed by atoms with Crippen molar-refractivity contribution >= 4 is 22.0 Å². The zero-order valence-corrected chi connectivity index (χ0v) is 16.0. The molecule has 26 heavy (non-hydrogen) atoms. The SMILES string of the molecule is CCS(=O)(=O)c1ccc(C=C(C)C2=Cc3ccc(OC)cc3OC2)cc1. The molecule has 1 aliphatic heterocycles. The van der Waals surface area contributed by atoms with Crippen LogP contribution in [0.2, 0.25) is 0 Å². The van der Waals surface area contributed by atoms with Crippen LogP contribution in [0.25, 0.3) is 12.2 Å². The van der Waals surface area contributed by atoms with Gasteiger partial charge in [-0.05, 0) is 54.0 Å². The monoisotopic (exact) mass is 370 g/mol. The zero-order valence-electron chi connectivity index (χ0n) is 15.2. The Hall–Kier alpha value is -2.53. The lowest BCUT2D eigenvalue weighted by molar-refractivity contribution is 0.344. The first-order valence-electron chi connectivity index (χ1n) is 8.46. The Morgan fingerprint density at radius 2 is 1.92 bits per heavy atom. The lowest BCUT2D eigenvalue weighted by Gasteiger charge is -2.19. The molecule has 0 saturated heterocycles. The van der Waals surface area contributed by atoms with E-state index in [9.17, 15) is 8.42 Å². The van der Waals surface area contributed by atoms with Gasteiger partial charge in [-0.25, -0.2) is 8.42 Å². The summed E-state index contributed by atoms with van der Waals surface area (Å²) in [4.78, 5) is 0.359. The van der Waals surface area contributed by atoms with E-state index in [0.29, 0.717) is 11.5 Å². The van der Waals surface area contributed by atoms with Crippen molar-refractivity contribution < 1.29 is 17.9 Å². The third kappa shape index (κ3) is 3.83. The van der Waals surface area contributed by atoms with E-state index < -0.39 is 9.84 Å². The first-order valence-corrected chi connectivity index (χ1v) is 10.1. The van der Waals surface area contributed by atoms with Crippen LogP contribution in [0.5, 0.6) is 11.5 Å². The highest BCUT2D eigenvalue weighted by molar-refractivity contribution is 7.91. The van der Waals surface area contributed by atoms with Crippen molar-refractivity contribution in [2.45, 2.75) is 18.7 Å². The van der Waals surface area contributed by atoms with Crippen LogP contribution < -0.4 is 9.47 Å². The number of sulfone groups is 1. The summed E-state index contributed by atoms with van der Waals surface area (Å²) < 4.78 is 34.9. The van der Waals surface area contributed by atoms with Gasteiger partial charge in [0.1, 0.15) is 18.1 Å². The van der Waals surface area contributed by atoms with Crippen molar-refractivity contribution in [1.82, 2.24) is 0 Å². The van der Waals surface area contributed by atoms with E-state index in [1.54, 1.807) is 26.2 Å². The summed E-state index contributed by atoms with van der Waals surface area (Å²) in [5.41, 5.74) is 4.15. The lowest BCUT2D eigenvalue weighted by atomic mass is 10.00. The van der Waals surface area contributed by atoms with E-state index >= 15 is 0 Å². The van der Waals surface area contributed by atoms with Crippen LogP contribution in [0.15, 0.2) is 58.5 Å². The van der Waals surface area contributed by atoms with Gasteiger partial charge in [-0.1, -0.05) is 25.1 Å². The molecule has 0 radical (unpaired) electrons. The molecular formula is C21H22O4S. The van der Waals surface area contributed by atoms with Crippen LogP contribution in [0.1, 0.15) is 25.0 Å². The van der Waals surface area contributed by atoms with E-state index in [1.165, 1.54) is 0 Å². The van der Waals surface area contributed by atoms with E-state index in [2.05, 4.69) is 6.08 Å². The minimum atomic E-state index is -3.17. The van der Waals surface area contributed by atoms with Crippen LogP contribution in [0, 0.1) is 0 Å². The minimum absolute atomic E-state index is 0.107. The average molecular weight is 370 g/mol. The number of hydrogen-bond donors (Lipinski definition) is 0. The van der Waals surface area contributed by atoms with E-state index in [4.69, 9.17) is 9.47 Å². The first-order chi connectivity index (χ1) is 12.4. The molecule has 1 aliphatic rings. The van der Waals surface area contributed by atoms with Gasteiger partial charge in [0.15, 0.2) is 9.84 Å². The molecule has 2 aromatic rings. The number of methoxy groups -OCH3 is 1. The molecule has 2 aromatic carbocycles. The van der Waals surface area contributed by atoms with Gasteiger partial charge in [0.2, 0.25) is 0 Å². The molecule has 0 aromatic heterocycles. The molecule has 5 heteroatoms. The molecule has 0 saturated carbocycles. The van der Waals surface area contributed by atoms with Gasteiger partial charge in [0.25, 0.3) is 0 Å². The van der Waals surface area contributed by atoms with Gasteiger partial charge in [0, 0.05) is 11.6 Å². The summed E-state index contributed by atoms with van der Waals surface area (Å²) in [6.45, 7) is 4.17. The number of fused-ring (bicyclic) bond motifs is 1. The maximum atomic E-state index is 11.9. The van der Waals surface area contributed by atoms with Crippen molar-refractivity contribution in [2.24, 2.45) is 0 Å². The van der Waals surface area contributed by atoms with Gasteiger partial charge >= 0.3 is 0 Å². The Balaban J connectivity index is 1.84. The molecule has 0 atom stereocenters. The van der Waals surface area contributed by atoms with E-state index in [1.807, 2.05) is 43.3 Å². The molecule has 0 spiro atoms. The quantitative estimate of drug-likeness (QED) is 0.784. The molecule has 0 N–H and O–H groups in total. The fraction of sp³-hybridized carbons (Fsp3) is 0.238. The second-order valence-electron chi connectivity index (χ2n) is 6.16. The maximum absolute atomic E-state index is 11.9. The molecule has 1 heterocycles. The third-order valence-electron chi connectivity index (χ3n) is 4.44. The average Bonchev–Trinajstić information content (AvgIpc) is 2.67. The molecule has 0 aliphatic carbocycles. The Morgan fingerprint density at radius 1 is 1.19 bits per heavy atom. The second-order valence-corrected chi connectivity index (χ2v) is 8.44. The molecule has 136 valence electrons. The lowest BCUT2D eigenvalue weighted by Crippen LogP contribution is -2.08. The first kappa shape index (κ1) is 18.3.